The van der Waals surface area contributed by atoms with E-state index in [4.69, 9.17) is 10.5 Å². The molecule has 0 saturated heterocycles. The third-order valence-electron chi connectivity index (χ3n) is 2.10. The number of carbonyl (C=O) groups is 1. The predicted molar refractivity (Wildman–Crippen MR) is 55.9 cm³/mol. The average Bonchev–Trinajstić information content (AvgIpc) is 2.30. The molecule has 94 valence electrons. The second-order valence-corrected chi connectivity index (χ2v) is 3.18. The van der Waals surface area contributed by atoms with Gasteiger partial charge < -0.3 is 15.2 Å². The smallest absolute Gasteiger partial charge is 0.311 e. The molecule has 0 aliphatic rings. The zero-order chi connectivity index (χ0) is 13.0. The van der Waals surface area contributed by atoms with Gasteiger partial charge in [0.05, 0.1) is 37.6 Å². The van der Waals surface area contributed by atoms with Crippen molar-refractivity contribution in [3.05, 3.63) is 17.3 Å². The van der Waals surface area contributed by atoms with Crippen molar-refractivity contribution in [3.63, 3.8) is 0 Å². The Morgan fingerprint density at radius 1 is 1.53 bits per heavy atom. The van der Waals surface area contributed by atoms with Gasteiger partial charge in [-0.1, -0.05) is 0 Å². The fraction of sp³-hybridized carbons (Fsp3) is 0.400. The molecule has 1 aromatic heterocycles. The van der Waals surface area contributed by atoms with Crippen LogP contribution in [0.4, 0.5) is 14.5 Å². The Morgan fingerprint density at radius 3 is 2.65 bits per heavy atom. The van der Waals surface area contributed by atoms with E-state index in [-0.39, 0.29) is 23.7 Å². The number of hydrogen-bond donors (Lipinski definition) is 1. The molecule has 0 aliphatic heterocycles. The summed E-state index contributed by atoms with van der Waals surface area (Å²) in [5.41, 5.74) is 5.28. The summed E-state index contributed by atoms with van der Waals surface area (Å²) in [6.07, 6.45) is -2.94. The third-order valence-corrected chi connectivity index (χ3v) is 2.10. The van der Waals surface area contributed by atoms with Crippen molar-refractivity contribution in [1.82, 2.24) is 4.98 Å². The molecule has 0 bridgehead atoms. The molecule has 0 atom stereocenters. The van der Waals surface area contributed by atoms with E-state index in [1.54, 1.807) is 0 Å². The van der Waals surface area contributed by atoms with Crippen LogP contribution in [0.5, 0.6) is 5.88 Å². The van der Waals surface area contributed by atoms with Gasteiger partial charge in [0.2, 0.25) is 5.88 Å². The molecule has 2 N–H and O–H groups in total. The third kappa shape index (κ3) is 3.02. The molecule has 0 fully saturated rings. The predicted octanol–water partition coefficient (Wildman–Crippen LogP) is 1.33. The van der Waals surface area contributed by atoms with Gasteiger partial charge in [-0.3, -0.25) is 4.79 Å². The van der Waals surface area contributed by atoms with Crippen LogP contribution in [0, 0.1) is 0 Å². The molecular formula is C10H12F2N2O3. The number of hydrogen-bond acceptors (Lipinski definition) is 5. The maximum Gasteiger partial charge on any atom is 0.311 e. The Morgan fingerprint density at radius 2 is 2.18 bits per heavy atom. The fourth-order valence-electron chi connectivity index (χ4n) is 1.23. The number of nitrogens with two attached hydrogens (primary N) is 1. The van der Waals surface area contributed by atoms with Crippen LogP contribution < -0.4 is 10.5 Å². The van der Waals surface area contributed by atoms with Crippen molar-refractivity contribution in [2.75, 3.05) is 20.0 Å². The minimum Gasteiger partial charge on any atom is -0.481 e. The summed E-state index contributed by atoms with van der Waals surface area (Å²) in [5, 5.41) is 0. The number of pyridine rings is 1. The van der Waals surface area contributed by atoms with Crippen LogP contribution in [0.15, 0.2) is 6.07 Å². The van der Waals surface area contributed by atoms with Gasteiger partial charge in [0.1, 0.15) is 0 Å². The number of halogens is 2. The lowest BCUT2D eigenvalue weighted by atomic mass is 10.2. The second-order valence-electron chi connectivity index (χ2n) is 3.18. The van der Waals surface area contributed by atoms with Gasteiger partial charge in [0.15, 0.2) is 0 Å². The van der Waals surface area contributed by atoms with Crippen LogP contribution in [0.2, 0.25) is 0 Å². The summed E-state index contributed by atoms with van der Waals surface area (Å²) >= 11 is 0. The topological polar surface area (TPSA) is 74.4 Å². The van der Waals surface area contributed by atoms with E-state index in [1.807, 2.05) is 0 Å². The Bertz CT molecular complexity index is 424. The SMILES string of the molecule is COC(=O)Cc1nc(OC)c(C(F)F)cc1N. The first-order valence-corrected chi connectivity index (χ1v) is 4.67. The van der Waals surface area contributed by atoms with Gasteiger partial charge >= 0.3 is 5.97 Å². The molecule has 0 radical (unpaired) electrons. The van der Waals surface area contributed by atoms with Crippen molar-refractivity contribution in [2.45, 2.75) is 12.8 Å². The van der Waals surface area contributed by atoms with Crippen molar-refractivity contribution >= 4 is 11.7 Å². The number of ether oxygens (including phenoxy) is 2. The summed E-state index contributed by atoms with van der Waals surface area (Å²) in [6, 6.07) is 1.05. The van der Waals surface area contributed by atoms with Gasteiger partial charge in [-0.2, -0.15) is 0 Å². The summed E-state index contributed by atoms with van der Waals surface area (Å²) in [6.45, 7) is 0. The molecule has 7 heteroatoms. The van der Waals surface area contributed by atoms with Gasteiger partial charge in [0, 0.05) is 0 Å². The van der Waals surface area contributed by atoms with Gasteiger partial charge in [0.25, 0.3) is 6.43 Å². The molecule has 17 heavy (non-hydrogen) atoms. The van der Waals surface area contributed by atoms with Crippen molar-refractivity contribution in [1.29, 1.82) is 0 Å². The van der Waals surface area contributed by atoms with E-state index in [0.29, 0.717) is 0 Å². The number of alkyl halides is 2. The molecule has 1 heterocycles. The first-order chi connectivity index (χ1) is 7.99. The number of nitrogen functional groups attached to an aromatic ring is 1. The lowest BCUT2D eigenvalue weighted by molar-refractivity contribution is -0.139. The number of nitrogens with zero attached hydrogens (tertiary/aromatic N) is 1. The Hall–Kier alpha value is -1.92. The van der Waals surface area contributed by atoms with Crippen LogP contribution in [-0.4, -0.2) is 25.2 Å². The standard InChI is InChI=1S/C10H12F2N2O3/c1-16-8(15)4-7-6(13)3-5(9(11)12)10(14-7)17-2/h3,9H,4,13H2,1-2H3. The monoisotopic (exact) mass is 246 g/mol. The molecule has 0 unspecified atom stereocenters. The van der Waals surface area contributed by atoms with E-state index < -0.39 is 18.0 Å². The molecule has 5 nitrogen and oxygen atoms in total. The molecule has 1 aromatic rings. The molecule has 0 aromatic carbocycles. The van der Waals surface area contributed by atoms with Gasteiger partial charge in [-0.15, -0.1) is 0 Å². The minimum atomic E-state index is -2.74. The van der Waals surface area contributed by atoms with Crippen molar-refractivity contribution < 1.29 is 23.0 Å². The van der Waals surface area contributed by atoms with E-state index >= 15 is 0 Å². The summed E-state index contributed by atoms with van der Waals surface area (Å²) < 4.78 is 34.3. The van der Waals surface area contributed by atoms with Crippen LogP contribution in [0.1, 0.15) is 17.7 Å². The highest BCUT2D eigenvalue weighted by atomic mass is 19.3. The van der Waals surface area contributed by atoms with Crippen LogP contribution in [0.25, 0.3) is 0 Å². The second kappa shape index (κ2) is 5.42. The van der Waals surface area contributed by atoms with Crippen LogP contribution >= 0.6 is 0 Å². The molecule has 0 saturated carbocycles. The number of carbonyl (C=O) groups excluding carboxylic acids is 1. The molecular weight excluding hydrogens is 234 g/mol. The average molecular weight is 246 g/mol. The molecule has 0 aliphatic carbocycles. The van der Waals surface area contributed by atoms with Crippen LogP contribution in [0.3, 0.4) is 0 Å². The lowest BCUT2D eigenvalue weighted by Crippen LogP contribution is -2.10. The minimum absolute atomic E-state index is 0.00602. The number of rotatable bonds is 4. The normalized spacial score (nSPS) is 10.4. The molecule has 1 rings (SSSR count). The summed E-state index contributed by atoms with van der Waals surface area (Å²) in [5.74, 6) is -0.802. The highest BCUT2D eigenvalue weighted by Crippen LogP contribution is 2.30. The van der Waals surface area contributed by atoms with E-state index in [9.17, 15) is 13.6 Å². The lowest BCUT2D eigenvalue weighted by Gasteiger charge is -2.11. The first-order valence-electron chi connectivity index (χ1n) is 4.67. The van der Waals surface area contributed by atoms with Gasteiger partial charge in [-0.25, -0.2) is 13.8 Å². The number of esters is 1. The first kappa shape index (κ1) is 13.1. The molecule has 0 amide bonds. The Kier molecular flexibility index (Phi) is 4.19. The van der Waals surface area contributed by atoms with Crippen LogP contribution in [-0.2, 0) is 16.0 Å². The van der Waals surface area contributed by atoms with E-state index in [0.717, 1.165) is 6.07 Å². The number of anilines is 1. The Balaban J connectivity index is 3.13. The summed E-state index contributed by atoms with van der Waals surface area (Å²) in [7, 11) is 2.43. The highest BCUT2D eigenvalue weighted by Gasteiger charge is 2.19. The fourth-order valence-corrected chi connectivity index (χ4v) is 1.23. The Labute approximate surface area is 96.5 Å². The maximum absolute atomic E-state index is 12.6. The quantitative estimate of drug-likeness (QED) is 0.811. The summed E-state index contributed by atoms with van der Waals surface area (Å²) in [4.78, 5) is 14.8. The largest absolute Gasteiger partial charge is 0.481 e. The number of aromatic nitrogens is 1. The van der Waals surface area contributed by atoms with E-state index in [1.165, 1.54) is 14.2 Å². The zero-order valence-corrected chi connectivity index (χ0v) is 9.37. The van der Waals surface area contributed by atoms with Gasteiger partial charge in [-0.05, 0) is 6.07 Å². The highest BCUT2D eigenvalue weighted by molar-refractivity contribution is 5.74. The maximum atomic E-state index is 12.6. The van der Waals surface area contributed by atoms with Crippen molar-refractivity contribution in [2.24, 2.45) is 0 Å². The molecule has 0 spiro atoms. The number of methoxy groups -OCH3 is 2. The van der Waals surface area contributed by atoms with Crippen molar-refractivity contribution in [3.8, 4) is 5.88 Å². The van der Waals surface area contributed by atoms with E-state index in [2.05, 4.69) is 9.72 Å². The zero-order valence-electron chi connectivity index (χ0n) is 9.37.